The number of ether oxygens (including phenoxy) is 3. The second-order valence-corrected chi connectivity index (χ2v) is 6.47. The molecule has 0 saturated carbocycles. The Hall–Kier alpha value is -0.690. The van der Waals surface area contributed by atoms with Crippen molar-refractivity contribution in [1.82, 2.24) is 9.80 Å². The van der Waals surface area contributed by atoms with E-state index in [1.54, 1.807) is 7.11 Å². The maximum absolute atomic E-state index is 13.2. The largest absolute Gasteiger partial charge is 0.381 e. The number of carbonyl (C=O) groups is 1. The molecule has 0 radical (unpaired) electrons. The van der Waals surface area contributed by atoms with Crippen molar-refractivity contribution in [3.05, 3.63) is 0 Å². The van der Waals surface area contributed by atoms with Gasteiger partial charge in [0, 0.05) is 52.8 Å². The molecule has 0 aromatic rings. The van der Waals surface area contributed by atoms with E-state index in [4.69, 9.17) is 14.2 Å². The van der Waals surface area contributed by atoms with E-state index < -0.39 is 5.60 Å². The van der Waals surface area contributed by atoms with Gasteiger partial charge in [-0.3, -0.25) is 4.79 Å². The molecule has 3 fully saturated rings. The van der Waals surface area contributed by atoms with E-state index in [1.165, 1.54) is 0 Å². The van der Waals surface area contributed by atoms with Crippen molar-refractivity contribution < 1.29 is 19.0 Å². The molecule has 0 aliphatic carbocycles. The fraction of sp³-hybridized carbons (Fsp3) is 0.938. The van der Waals surface area contributed by atoms with E-state index in [0.717, 1.165) is 26.1 Å². The van der Waals surface area contributed by atoms with E-state index in [2.05, 4.69) is 11.8 Å². The molecule has 126 valence electrons. The van der Waals surface area contributed by atoms with Gasteiger partial charge in [-0.05, 0) is 13.0 Å². The van der Waals surface area contributed by atoms with Gasteiger partial charge in [0.1, 0.15) is 0 Å². The Morgan fingerprint density at radius 1 is 1.27 bits per heavy atom. The monoisotopic (exact) mass is 312 g/mol. The highest BCUT2D eigenvalue weighted by Gasteiger charge is 2.48. The van der Waals surface area contributed by atoms with Gasteiger partial charge < -0.3 is 24.0 Å². The van der Waals surface area contributed by atoms with Gasteiger partial charge in [0.25, 0.3) is 5.91 Å². The summed E-state index contributed by atoms with van der Waals surface area (Å²) in [7, 11) is 1.65. The number of morpholine rings is 1. The van der Waals surface area contributed by atoms with Gasteiger partial charge >= 0.3 is 0 Å². The highest BCUT2D eigenvalue weighted by molar-refractivity contribution is 5.86. The maximum atomic E-state index is 13.2. The molecule has 1 amide bonds. The van der Waals surface area contributed by atoms with Crippen LogP contribution in [-0.2, 0) is 19.0 Å². The number of hydrogen-bond acceptors (Lipinski definition) is 5. The third kappa shape index (κ3) is 2.89. The minimum Gasteiger partial charge on any atom is -0.381 e. The molecule has 3 aliphatic heterocycles. The lowest BCUT2D eigenvalue weighted by Crippen LogP contribution is -2.65. The van der Waals surface area contributed by atoms with E-state index >= 15 is 0 Å². The number of rotatable bonds is 3. The summed E-state index contributed by atoms with van der Waals surface area (Å²) in [4.78, 5) is 17.7. The lowest BCUT2D eigenvalue weighted by Gasteiger charge is -2.49. The molecular weight excluding hydrogens is 284 g/mol. The lowest BCUT2D eigenvalue weighted by atomic mass is 9.89. The number of hydrogen-bond donors (Lipinski definition) is 0. The van der Waals surface area contributed by atoms with Gasteiger partial charge in [0.15, 0.2) is 5.60 Å². The van der Waals surface area contributed by atoms with Gasteiger partial charge in [0.2, 0.25) is 0 Å². The Morgan fingerprint density at radius 2 is 2.05 bits per heavy atom. The van der Waals surface area contributed by atoms with Crippen molar-refractivity contribution in [2.75, 3.05) is 53.1 Å². The summed E-state index contributed by atoms with van der Waals surface area (Å²) in [5.74, 6) is 0.134. The fourth-order valence-electron chi connectivity index (χ4n) is 3.95. The average molecular weight is 312 g/mol. The van der Waals surface area contributed by atoms with Crippen LogP contribution in [0.25, 0.3) is 0 Å². The van der Waals surface area contributed by atoms with Crippen molar-refractivity contribution in [3.8, 4) is 0 Å². The molecule has 6 nitrogen and oxygen atoms in total. The van der Waals surface area contributed by atoms with Crippen LogP contribution < -0.4 is 0 Å². The standard InChI is InChI=1S/C16H28N2O4/c1-3-17-7-4-14-13(12-17)18(8-11-22-14)15(19)16(20-2)5-9-21-10-6-16/h13-14H,3-12H2,1-2H3/t13-,14+/m0/s1. The number of piperidine rings is 1. The number of likely N-dealkylation sites (tertiary alicyclic amines) is 1. The zero-order chi connectivity index (χ0) is 15.6. The third-order valence-electron chi connectivity index (χ3n) is 5.46. The van der Waals surface area contributed by atoms with Crippen LogP contribution in [0.15, 0.2) is 0 Å². The minimum atomic E-state index is -0.700. The van der Waals surface area contributed by atoms with Crippen LogP contribution in [-0.4, -0.2) is 86.6 Å². The summed E-state index contributed by atoms with van der Waals surface area (Å²) >= 11 is 0. The summed E-state index contributed by atoms with van der Waals surface area (Å²) < 4.78 is 17.0. The summed E-state index contributed by atoms with van der Waals surface area (Å²) in [6.07, 6.45) is 2.48. The van der Waals surface area contributed by atoms with Crippen LogP contribution in [0.3, 0.4) is 0 Å². The normalized spacial score (nSPS) is 32.5. The Kier molecular flexibility index (Phi) is 5.02. The first-order valence-corrected chi connectivity index (χ1v) is 8.48. The highest BCUT2D eigenvalue weighted by Crippen LogP contribution is 2.31. The summed E-state index contributed by atoms with van der Waals surface area (Å²) in [6, 6.07) is 0.157. The van der Waals surface area contributed by atoms with Crippen molar-refractivity contribution in [3.63, 3.8) is 0 Å². The first kappa shape index (κ1) is 16.2. The number of fused-ring (bicyclic) bond motifs is 1. The SMILES string of the molecule is CCN1CC[C@H]2OCCN(C(=O)C3(OC)CCOCC3)[C@H]2C1. The quantitative estimate of drug-likeness (QED) is 0.760. The topological polar surface area (TPSA) is 51.2 Å². The number of nitrogens with zero attached hydrogens (tertiary/aromatic N) is 2. The zero-order valence-electron chi connectivity index (χ0n) is 13.8. The Bertz CT molecular complexity index is 398. The lowest BCUT2D eigenvalue weighted by molar-refractivity contribution is -0.182. The Morgan fingerprint density at radius 3 is 2.73 bits per heavy atom. The molecule has 0 aromatic heterocycles. The molecule has 3 rings (SSSR count). The molecule has 3 aliphatic rings. The highest BCUT2D eigenvalue weighted by atomic mass is 16.5. The van der Waals surface area contributed by atoms with Crippen molar-refractivity contribution in [1.29, 1.82) is 0 Å². The molecule has 2 atom stereocenters. The molecule has 0 N–H and O–H groups in total. The van der Waals surface area contributed by atoms with Gasteiger partial charge in [-0.1, -0.05) is 6.92 Å². The van der Waals surface area contributed by atoms with E-state index in [9.17, 15) is 4.79 Å². The minimum absolute atomic E-state index is 0.134. The molecule has 22 heavy (non-hydrogen) atoms. The summed E-state index contributed by atoms with van der Waals surface area (Å²) in [5, 5.41) is 0. The van der Waals surface area contributed by atoms with Crippen molar-refractivity contribution >= 4 is 5.91 Å². The van der Waals surface area contributed by atoms with E-state index in [-0.39, 0.29) is 18.1 Å². The van der Waals surface area contributed by atoms with Crippen LogP contribution in [0.4, 0.5) is 0 Å². The molecule has 0 spiro atoms. The van der Waals surface area contributed by atoms with Gasteiger partial charge in [-0.25, -0.2) is 0 Å². The first-order valence-electron chi connectivity index (χ1n) is 8.48. The molecule has 0 aromatic carbocycles. The van der Waals surface area contributed by atoms with Crippen molar-refractivity contribution in [2.24, 2.45) is 0 Å². The second kappa shape index (κ2) is 6.83. The number of amides is 1. The fourth-order valence-corrected chi connectivity index (χ4v) is 3.95. The van der Waals surface area contributed by atoms with Crippen LogP contribution in [0.5, 0.6) is 0 Å². The number of carbonyl (C=O) groups excluding carboxylic acids is 1. The predicted octanol–water partition coefficient (Wildman–Crippen LogP) is 0.504. The van der Waals surface area contributed by atoms with Crippen LogP contribution in [0.2, 0.25) is 0 Å². The van der Waals surface area contributed by atoms with Gasteiger partial charge in [-0.2, -0.15) is 0 Å². The predicted molar refractivity (Wildman–Crippen MR) is 81.8 cm³/mol. The van der Waals surface area contributed by atoms with Crippen LogP contribution in [0.1, 0.15) is 26.2 Å². The Balaban J connectivity index is 1.77. The smallest absolute Gasteiger partial charge is 0.255 e. The first-order chi connectivity index (χ1) is 10.7. The molecule has 6 heteroatoms. The molecule has 0 bridgehead atoms. The third-order valence-corrected chi connectivity index (χ3v) is 5.46. The summed E-state index contributed by atoms with van der Waals surface area (Å²) in [6.45, 7) is 7.66. The average Bonchev–Trinajstić information content (AvgIpc) is 2.60. The molecule has 0 unspecified atom stereocenters. The van der Waals surface area contributed by atoms with E-state index in [1.807, 2.05) is 4.90 Å². The Labute approximate surface area is 132 Å². The van der Waals surface area contributed by atoms with Crippen LogP contribution in [0, 0.1) is 0 Å². The van der Waals surface area contributed by atoms with Crippen LogP contribution >= 0.6 is 0 Å². The number of methoxy groups -OCH3 is 1. The number of likely N-dealkylation sites (N-methyl/N-ethyl adjacent to an activating group) is 1. The van der Waals surface area contributed by atoms with Crippen molar-refractivity contribution in [2.45, 2.75) is 43.9 Å². The summed E-state index contributed by atoms with van der Waals surface area (Å²) in [5.41, 5.74) is -0.700. The molecule has 3 saturated heterocycles. The van der Waals surface area contributed by atoms with Gasteiger partial charge in [0.05, 0.1) is 18.8 Å². The maximum Gasteiger partial charge on any atom is 0.255 e. The molecular formula is C16H28N2O4. The van der Waals surface area contributed by atoms with Gasteiger partial charge in [-0.15, -0.1) is 0 Å². The second-order valence-electron chi connectivity index (χ2n) is 6.47. The van der Waals surface area contributed by atoms with E-state index in [0.29, 0.717) is 39.2 Å². The zero-order valence-corrected chi connectivity index (χ0v) is 13.8. The molecule has 3 heterocycles.